The van der Waals surface area contributed by atoms with Gasteiger partial charge in [0, 0.05) is 36.6 Å². The van der Waals surface area contributed by atoms with Gasteiger partial charge < -0.3 is 26.6 Å². The van der Waals surface area contributed by atoms with E-state index in [9.17, 15) is 14.7 Å². The highest BCUT2D eigenvalue weighted by Crippen LogP contribution is 2.21. The second-order valence-electron chi connectivity index (χ2n) is 6.70. The zero-order chi connectivity index (χ0) is 21.3. The molecule has 2 aromatic rings. The fourth-order valence-electron chi connectivity index (χ4n) is 3.02. The van der Waals surface area contributed by atoms with Crippen molar-refractivity contribution in [3.05, 3.63) is 53.9 Å². The van der Waals surface area contributed by atoms with E-state index in [0.29, 0.717) is 29.7 Å². The molecule has 9 heteroatoms. The molecule has 6 N–H and O–H groups in total. The second kappa shape index (κ2) is 10.3. The number of hydrogen-bond acceptors (Lipinski definition) is 6. The van der Waals surface area contributed by atoms with Gasteiger partial charge in [0.25, 0.3) is 12.4 Å². The van der Waals surface area contributed by atoms with Gasteiger partial charge in [-0.25, -0.2) is 0 Å². The van der Waals surface area contributed by atoms with E-state index in [0.717, 1.165) is 18.5 Å². The van der Waals surface area contributed by atoms with Crippen molar-refractivity contribution in [2.24, 2.45) is 5.73 Å². The molecule has 2 heterocycles. The number of carboxylic acid groups (broad SMARTS) is 1. The molecule has 0 aliphatic carbocycles. The molecular weight excluding hydrogens is 376 g/mol. The van der Waals surface area contributed by atoms with Gasteiger partial charge in [0.1, 0.15) is 0 Å². The Morgan fingerprint density at radius 1 is 1.24 bits per heavy atom. The molecule has 1 fully saturated rings. The molecule has 1 atom stereocenters. The SMILES string of the molecule is NC(=O)c1cncc(-c2cccc(C(=O)NCC3(O)CCCNC3)c2)c1.O=CO. The zero-order valence-corrected chi connectivity index (χ0v) is 15.8. The molecule has 9 nitrogen and oxygen atoms in total. The van der Waals surface area contributed by atoms with Crippen LogP contribution in [-0.4, -0.2) is 58.7 Å². The van der Waals surface area contributed by atoms with E-state index in [1.807, 2.05) is 6.07 Å². The summed E-state index contributed by atoms with van der Waals surface area (Å²) in [6, 6.07) is 8.66. The molecule has 1 aromatic heterocycles. The molecule has 0 bridgehead atoms. The van der Waals surface area contributed by atoms with Crippen LogP contribution in [0.25, 0.3) is 11.1 Å². The zero-order valence-electron chi connectivity index (χ0n) is 15.8. The Morgan fingerprint density at radius 2 is 1.97 bits per heavy atom. The van der Waals surface area contributed by atoms with Crippen LogP contribution in [0.1, 0.15) is 33.6 Å². The number of hydrogen-bond donors (Lipinski definition) is 5. The second-order valence-corrected chi connectivity index (χ2v) is 6.70. The summed E-state index contributed by atoms with van der Waals surface area (Å²) in [6.07, 6.45) is 4.55. The number of β-amino-alcohol motifs (C(OH)–C–C–N with tert-alkyl or cyclic N) is 1. The van der Waals surface area contributed by atoms with Crippen LogP contribution in [0.15, 0.2) is 42.7 Å². The Kier molecular flexibility index (Phi) is 7.81. The normalized spacial score (nSPS) is 18.1. The predicted molar refractivity (Wildman–Crippen MR) is 106 cm³/mol. The lowest BCUT2D eigenvalue weighted by Crippen LogP contribution is -2.52. The number of nitrogens with two attached hydrogens (primary N) is 1. The van der Waals surface area contributed by atoms with Crippen molar-refractivity contribution in [2.45, 2.75) is 18.4 Å². The van der Waals surface area contributed by atoms with Crippen molar-refractivity contribution in [3.63, 3.8) is 0 Å². The maximum Gasteiger partial charge on any atom is 0.290 e. The lowest BCUT2D eigenvalue weighted by atomic mass is 9.94. The van der Waals surface area contributed by atoms with Crippen LogP contribution in [0.5, 0.6) is 0 Å². The first-order valence-corrected chi connectivity index (χ1v) is 9.03. The van der Waals surface area contributed by atoms with E-state index >= 15 is 0 Å². The van der Waals surface area contributed by atoms with Gasteiger partial charge >= 0.3 is 0 Å². The number of carbonyl (C=O) groups excluding carboxylic acids is 2. The van der Waals surface area contributed by atoms with Crippen LogP contribution in [0.2, 0.25) is 0 Å². The molecule has 0 spiro atoms. The van der Waals surface area contributed by atoms with E-state index in [1.165, 1.54) is 6.20 Å². The Labute approximate surface area is 168 Å². The van der Waals surface area contributed by atoms with Crippen LogP contribution < -0.4 is 16.4 Å². The number of primary amides is 1. The van der Waals surface area contributed by atoms with Crippen molar-refractivity contribution in [1.82, 2.24) is 15.6 Å². The van der Waals surface area contributed by atoms with Gasteiger partial charge in [-0.2, -0.15) is 0 Å². The van der Waals surface area contributed by atoms with E-state index in [2.05, 4.69) is 15.6 Å². The van der Waals surface area contributed by atoms with E-state index in [4.69, 9.17) is 15.6 Å². The molecule has 29 heavy (non-hydrogen) atoms. The third kappa shape index (κ3) is 6.37. The topological polar surface area (TPSA) is 155 Å². The molecule has 1 saturated heterocycles. The van der Waals surface area contributed by atoms with E-state index < -0.39 is 11.5 Å². The monoisotopic (exact) mass is 400 g/mol. The molecule has 1 unspecified atom stereocenters. The smallest absolute Gasteiger partial charge is 0.290 e. The minimum atomic E-state index is -0.911. The van der Waals surface area contributed by atoms with Crippen LogP contribution in [0.3, 0.4) is 0 Å². The number of piperidine rings is 1. The lowest BCUT2D eigenvalue weighted by molar-refractivity contribution is -0.122. The maximum atomic E-state index is 12.5. The quantitative estimate of drug-likeness (QED) is 0.455. The Morgan fingerprint density at radius 3 is 2.62 bits per heavy atom. The molecule has 1 aromatic carbocycles. The summed E-state index contributed by atoms with van der Waals surface area (Å²) in [5.41, 5.74) is 6.62. The van der Waals surface area contributed by atoms with Crippen LogP contribution in [0.4, 0.5) is 0 Å². The summed E-state index contributed by atoms with van der Waals surface area (Å²) in [6.45, 7) is 1.30. The number of amides is 2. The summed E-state index contributed by atoms with van der Waals surface area (Å²) < 4.78 is 0. The Balaban J connectivity index is 0.000000941. The van der Waals surface area contributed by atoms with Crippen LogP contribution in [0, 0.1) is 0 Å². The summed E-state index contributed by atoms with van der Waals surface area (Å²) in [5, 5.41) is 23.3. The van der Waals surface area contributed by atoms with Crippen LogP contribution >= 0.6 is 0 Å². The fraction of sp³-hybridized carbons (Fsp3) is 0.300. The van der Waals surface area contributed by atoms with Crippen molar-refractivity contribution in [3.8, 4) is 11.1 Å². The summed E-state index contributed by atoms with van der Waals surface area (Å²) >= 11 is 0. The predicted octanol–water partition coefficient (Wildman–Crippen LogP) is 0.393. The minimum absolute atomic E-state index is 0.196. The van der Waals surface area contributed by atoms with Crippen molar-refractivity contribution >= 4 is 18.3 Å². The van der Waals surface area contributed by atoms with Crippen LogP contribution in [-0.2, 0) is 4.79 Å². The number of benzene rings is 1. The van der Waals surface area contributed by atoms with Gasteiger partial charge in [0.2, 0.25) is 5.91 Å². The average molecular weight is 400 g/mol. The molecule has 0 saturated carbocycles. The van der Waals surface area contributed by atoms with Crippen molar-refractivity contribution in [2.75, 3.05) is 19.6 Å². The average Bonchev–Trinajstić information content (AvgIpc) is 2.73. The maximum absolute atomic E-state index is 12.5. The number of aromatic nitrogens is 1. The molecule has 154 valence electrons. The van der Waals surface area contributed by atoms with Gasteiger partial charge in [0.15, 0.2) is 0 Å². The highest BCUT2D eigenvalue weighted by molar-refractivity contribution is 5.96. The van der Waals surface area contributed by atoms with Gasteiger partial charge in [-0.05, 0) is 43.1 Å². The summed E-state index contributed by atoms with van der Waals surface area (Å²) in [7, 11) is 0. The third-order valence-corrected chi connectivity index (χ3v) is 4.51. The molecule has 3 rings (SSSR count). The molecule has 1 aliphatic rings. The first kappa shape index (κ1) is 22.0. The third-order valence-electron chi connectivity index (χ3n) is 4.51. The summed E-state index contributed by atoms with van der Waals surface area (Å²) in [5.74, 6) is -0.813. The Bertz CT molecular complexity index is 865. The van der Waals surface area contributed by atoms with Crippen molar-refractivity contribution in [1.29, 1.82) is 0 Å². The lowest BCUT2D eigenvalue weighted by Gasteiger charge is -2.32. The highest BCUT2D eigenvalue weighted by atomic mass is 16.3. The van der Waals surface area contributed by atoms with Crippen molar-refractivity contribution < 1.29 is 24.6 Å². The van der Waals surface area contributed by atoms with E-state index in [1.54, 1.807) is 30.5 Å². The fourth-order valence-corrected chi connectivity index (χ4v) is 3.02. The first-order chi connectivity index (χ1) is 13.9. The number of rotatable bonds is 5. The van der Waals surface area contributed by atoms with Gasteiger partial charge in [0.05, 0.1) is 11.2 Å². The number of carbonyl (C=O) groups is 3. The van der Waals surface area contributed by atoms with Gasteiger partial charge in [-0.3, -0.25) is 19.4 Å². The first-order valence-electron chi connectivity index (χ1n) is 9.03. The van der Waals surface area contributed by atoms with Gasteiger partial charge in [-0.15, -0.1) is 0 Å². The van der Waals surface area contributed by atoms with Gasteiger partial charge in [-0.1, -0.05) is 12.1 Å². The highest BCUT2D eigenvalue weighted by Gasteiger charge is 2.29. The standard InChI is InChI=1S/C19H22N4O3.CH2O2/c20-17(24)16-8-15(9-22-10-16)13-3-1-4-14(7-13)18(25)23-12-19(26)5-2-6-21-11-19;2-1-3/h1,3-4,7-10,21,26H,2,5-6,11-12H2,(H2,20,24)(H,23,25);1H,(H,2,3). The number of pyridine rings is 1. The Hall–Kier alpha value is -3.30. The van der Waals surface area contributed by atoms with E-state index in [-0.39, 0.29) is 18.9 Å². The number of aliphatic hydroxyl groups is 1. The number of nitrogens with zero attached hydrogens (tertiary/aromatic N) is 1. The molecule has 2 amide bonds. The molecular formula is C20H24N4O5. The minimum Gasteiger partial charge on any atom is -0.483 e. The largest absolute Gasteiger partial charge is 0.483 e. The molecule has 1 aliphatic heterocycles. The number of nitrogens with one attached hydrogen (secondary N) is 2. The molecule has 0 radical (unpaired) electrons. The summed E-state index contributed by atoms with van der Waals surface area (Å²) in [4.78, 5) is 36.2.